The van der Waals surface area contributed by atoms with Crippen LogP contribution < -0.4 is 9.64 Å². The van der Waals surface area contributed by atoms with Crippen LogP contribution >= 0.6 is 0 Å². The van der Waals surface area contributed by atoms with Crippen molar-refractivity contribution in [2.75, 3.05) is 11.4 Å². The summed E-state index contributed by atoms with van der Waals surface area (Å²) in [4.78, 5) is 36.7. The highest BCUT2D eigenvalue weighted by atomic mass is 16.6. The van der Waals surface area contributed by atoms with Crippen LogP contribution in [0.25, 0.3) is 0 Å². The third-order valence-corrected chi connectivity index (χ3v) is 5.39. The first-order valence-corrected chi connectivity index (χ1v) is 10.4. The van der Waals surface area contributed by atoms with Crippen LogP contribution in [0.5, 0.6) is 11.5 Å². The minimum absolute atomic E-state index is 0.00883. The normalized spacial score (nSPS) is 15.4. The number of amides is 1. The van der Waals surface area contributed by atoms with Crippen LogP contribution in [0.1, 0.15) is 17.5 Å². The van der Waals surface area contributed by atoms with Gasteiger partial charge in [-0.25, -0.2) is 0 Å². The van der Waals surface area contributed by atoms with E-state index in [2.05, 4.69) is 0 Å². The van der Waals surface area contributed by atoms with Crippen LogP contribution in [-0.2, 0) is 20.9 Å². The van der Waals surface area contributed by atoms with E-state index in [4.69, 9.17) is 9.47 Å². The number of hydrogen-bond donors (Lipinski definition) is 0. The Hall–Kier alpha value is -4.20. The Bertz CT molecular complexity index is 1160. The minimum Gasteiger partial charge on any atom is -0.461 e. The van der Waals surface area contributed by atoms with Crippen LogP contribution in [-0.4, -0.2) is 23.3 Å². The molecule has 1 amide bonds. The van der Waals surface area contributed by atoms with Gasteiger partial charge in [0, 0.05) is 30.8 Å². The Kier molecular flexibility index (Phi) is 6.35. The van der Waals surface area contributed by atoms with Crippen molar-refractivity contribution in [1.82, 2.24) is 0 Å². The van der Waals surface area contributed by atoms with Crippen LogP contribution in [0, 0.1) is 23.0 Å². The van der Waals surface area contributed by atoms with Crippen molar-refractivity contribution in [1.29, 1.82) is 0 Å². The Morgan fingerprint density at radius 1 is 1.00 bits per heavy atom. The monoisotopic (exact) mass is 446 g/mol. The van der Waals surface area contributed by atoms with Gasteiger partial charge in [-0.1, -0.05) is 29.8 Å². The summed E-state index contributed by atoms with van der Waals surface area (Å²) in [5.41, 5.74) is 2.65. The lowest BCUT2D eigenvalue weighted by molar-refractivity contribution is -0.384. The summed E-state index contributed by atoms with van der Waals surface area (Å²) in [7, 11) is 0. The Labute approximate surface area is 190 Å². The Morgan fingerprint density at radius 3 is 2.21 bits per heavy atom. The van der Waals surface area contributed by atoms with E-state index in [9.17, 15) is 19.7 Å². The second-order valence-electron chi connectivity index (χ2n) is 7.85. The van der Waals surface area contributed by atoms with Gasteiger partial charge in [0.15, 0.2) is 0 Å². The largest absolute Gasteiger partial charge is 0.461 e. The summed E-state index contributed by atoms with van der Waals surface area (Å²) in [6, 6.07) is 20.4. The van der Waals surface area contributed by atoms with Crippen molar-refractivity contribution in [3.05, 3.63) is 94.0 Å². The number of anilines is 1. The molecule has 1 heterocycles. The van der Waals surface area contributed by atoms with Gasteiger partial charge in [-0.05, 0) is 48.9 Å². The van der Waals surface area contributed by atoms with E-state index in [0.29, 0.717) is 18.0 Å². The summed E-state index contributed by atoms with van der Waals surface area (Å²) in [6.07, 6.45) is 0.134. The SMILES string of the molecule is Cc1ccc(N2C[C@@H](C(=O)OCc3ccc(Oc4ccc([N+](=O)[O-])cc4)cc3)CC2=O)cc1. The van der Waals surface area contributed by atoms with Gasteiger partial charge in [0.25, 0.3) is 5.69 Å². The maximum atomic E-state index is 12.5. The number of hydrogen-bond acceptors (Lipinski definition) is 6. The molecule has 0 saturated carbocycles. The molecule has 0 bridgehead atoms. The third kappa shape index (κ3) is 5.35. The molecule has 1 fully saturated rings. The van der Waals surface area contributed by atoms with Crippen molar-refractivity contribution < 1.29 is 24.0 Å². The second-order valence-corrected chi connectivity index (χ2v) is 7.85. The first-order valence-electron chi connectivity index (χ1n) is 10.4. The molecule has 8 nitrogen and oxygen atoms in total. The minimum atomic E-state index is -0.497. The number of benzene rings is 3. The molecule has 3 aromatic carbocycles. The van der Waals surface area contributed by atoms with E-state index in [1.165, 1.54) is 24.3 Å². The number of carbonyl (C=O) groups is 2. The van der Waals surface area contributed by atoms with Crippen molar-refractivity contribution in [3.8, 4) is 11.5 Å². The highest BCUT2D eigenvalue weighted by molar-refractivity contribution is 5.99. The van der Waals surface area contributed by atoms with E-state index < -0.39 is 16.8 Å². The highest BCUT2D eigenvalue weighted by Gasteiger charge is 2.36. The zero-order valence-corrected chi connectivity index (χ0v) is 18.0. The van der Waals surface area contributed by atoms with Gasteiger partial charge in [0.05, 0.1) is 10.8 Å². The number of nitrogens with zero attached hydrogens (tertiary/aromatic N) is 2. The molecule has 1 saturated heterocycles. The molecule has 33 heavy (non-hydrogen) atoms. The third-order valence-electron chi connectivity index (χ3n) is 5.39. The van der Waals surface area contributed by atoms with Gasteiger partial charge in [-0.2, -0.15) is 0 Å². The average Bonchev–Trinajstić information content (AvgIpc) is 3.21. The van der Waals surface area contributed by atoms with E-state index in [1.54, 1.807) is 29.2 Å². The molecule has 1 aliphatic rings. The highest BCUT2D eigenvalue weighted by Crippen LogP contribution is 2.27. The number of non-ortho nitro benzene ring substituents is 1. The summed E-state index contributed by atoms with van der Waals surface area (Å²) in [5, 5.41) is 10.7. The lowest BCUT2D eigenvalue weighted by atomic mass is 10.1. The molecule has 168 valence electrons. The number of nitro benzene ring substituents is 1. The standard InChI is InChI=1S/C25H22N2O6/c1-17-2-6-20(7-3-17)26-15-19(14-24(26)28)25(29)32-16-18-4-10-22(11-5-18)33-23-12-8-21(9-13-23)27(30)31/h2-13,19H,14-16H2,1H3/t19-/m0/s1. The fraction of sp³-hybridized carbons (Fsp3) is 0.200. The lowest BCUT2D eigenvalue weighted by Crippen LogP contribution is -2.26. The zero-order chi connectivity index (χ0) is 23.4. The number of nitro groups is 1. The van der Waals surface area contributed by atoms with Gasteiger partial charge < -0.3 is 14.4 Å². The van der Waals surface area contributed by atoms with Crippen LogP contribution in [0.2, 0.25) is 0 Å². The van der Waals surface area contributed by atoms with Gasteiger partial charge in [-0.3, -0.25) is 19.7 Å². The molecule has 8 heteroatoms. The zero-order valence-electron chi connectivity index (χ0n) is 18.0. The van der Waals surface area contributed by atoms with Gasteiger partial charge in [0.2, 0.25) is 5.91 Å². The molecule has 0 spiro atoms. The molecule has 0 N–H and O–H groups in total. The molecule has 0 unspecified atom stereocenters. The molecule has 1 atom stereocenters. The quantitative estimate of drug-likeness (QED) is 0.294. The maximum absolute atomic E-state index is 12.5. The summed E-state index contributed by atoms with van der Waals surface area (Å²) >= 11 is 0. The summed E-state index contributed by atoms with van der Waals surface area (Å²) in [6.45, 7) is 2.37. The van der Waals surface area contributed by atoms with E-state index in [0.717, 1.165) is 16.8 Å². The summed E-state index contributed by atoms with van der Waals surface area (Å²) < 4.78 is 11.1. The average molecular weight is 446 g/mol. The lowest BCUT2D eigenvalue weighted by Gasteiger charge is -2.16. The van der Waals surface area contributed by atoms with Crippen LogP contribution in [0.15, 0.2) is 72.8 Å². The van der Waals surface area contributed by atoms with Crippen molar-refractivity contribution in [2.24, 2.45) is 5.92 Å². The fourth-order valence-electron chi connectivity index (χ4n) is 3.54. The first kappa shape index (κ1) is 22.0. The van der Waals surface area contributed by atoms with Gasteiger partial charge >= 0.3 is 5.97 Å². The molecule has 0 aliphatic carbocycles. The smallest absolute Gasteiger partial charge is 0.311 e. The van der Waals surface area contributed by atoms with Crippen molar-refractivity contribution in [3.63, 3.8) is 0 Å². The molecule has 3 aromatic rings. The number of carbonyl (C=O) groups excluding carboxylic acids is 2. The first-order chi connectivity index (χ1) is 15.9. The number of aryl methyl sites for hydroxylation is 1. The van der Waals surface area contributed by atoms with E-state index in [1.807, 2.05) is 31.2 Å². The fourth-order valence-corrected chi connectivity index (χ4v) is 3.54. The molecular formula is C25H22N2O6. The van der Waals surface area contributed by atoms with Gasteiger partial charge in [0.1, 0.15) is 18.1 Å². The van der Waals surface area contributed by atoms with Crippen LogP contribution in [0.3, 0.4) is 0 Å². The molecule has 0 aromatic heterocycles. The number of esters is 1. The van der Waals surface area contributed by atoms with Crippen molar-refractivity contribution >= 4 is 23.3 Å². The van der Waals surface area contributed by atoms with E-state index >= 15 is 0 Å². The van der Waals surface area contributed by atoms with E-state index in [-0.39, 0.29) is 24.6 Å². The van der Waals surface area contributed by atoms with Gasteiger partial charge in [-0.15, -0.1) is 0 Å². The summed E-state index contributed by atoms with van der Waals surface area (Å²) in [5.74, 6) is 0.0409. The van der Waals surface area contributed by atoms with Crippen molar-refractivity contribution in [2.45, 2.75) is 20.0 Å². The second kappa shape index (κ2) is 9.52. The Balaban J connectivity index is 1.29. The molecular weight excluding hydrogens is 424 g/mol. The predicted molar refractivity (Wildman–Crippen MR) is 121 cm³/mol. The topological polar surface area (TPSA) is 99.0 Å². The molecule has 1 aliphatic heterocycles. The number of rotatable bonds is 7. The van der Waals surface area contributed by atoms with Crippen LogP contribution in [0.4, 0.5) is 11.4 Å². The number of ether oxygens (including phenoxy) is 2. The molecule has 4 rings (SSSR count). The maximum Gasteiger partial charge on any atom is 0.311 e. The Morgan fingerprint density at radius 2 is 1.61 bits per heavy atom. The molecule has 0 radical (unpaired) electrons. The predicted octanol–water partition coefficient (Wildman–Crippen LogP) is 4.79.